The summed E-state index contributed by atoms with van der Waals surface area (Å²) in [6.45, 7) is -1.23. The minimum absolute atomic E-state index is 1.15. The SMILES string of the molecule is CN(N)NN.NCC(F)(F)F. The Bertz CT molecular complexity index is 81.5. The van der Waals surface area contributed by atoms with Crippen molar-refractivity contribution < 1.29 is 13.2 Å². The summed E-state index contributed by atoms with van der Waals surface area (Å²) in [7, 11) is 1.60. The maximum Gasteiger partial charge on any atom is 0.400 e. The maximum atomic E-state index is 10.7. The highest BCUT2D eigenvalue weighted by Gasteiger charge is 2.23. The fourth-order valence-corrected chi connectivity index (χ4v) is 0. The third-order valence-corrected chi connectivity index (χ3v) is 0.435. The first-order valence-corrected chi connectivity index (χ1v) is 2.55. The Morgan fingerprint density at radius 2 is 1.64 bits per heavy atom. The van der Waals surface area contributed by atoms with Crippen LogP contribution < -0.4 is 23.0 Å². The van der Waals surface area contributed by atoms with E-state index in [2.05, 4.69) is 11.3 Å². The van der Waals surface area contributed by atoms with Crippen LogP contribution in [0.5, 0.6) is 0 Å². The molecule has 0 aromatic carbocycles. The van der Waals surface area contributed by atoms with Crippen molar-refractivity contribution in [1.82, 2.24) is 10.7 Å². The number of nitrogens with one attached hydrogen (secondary N) is 1. The Kier molecular flexibility index (Phi) is 7.57. The molecular formula is C3H12F3N5. The largest absolute Gasteiger partial charge is 0.400 e. The lowest BCUT2D eigenvalue weighted by molar-refractivity contribution is -0.118. The van der Waals surface area contributed by atoms with E-state index in [1.54, 1.807) is 7.05 Å². The highest BCUT2D eigenvalue weighted by molar-refractivity contribution is 4.44. The average molecular weight is 175 g/mol. The number of alkyl halides is 3. The van der Waals surface area contributed by atoms with Gasteiger partial charge in [-0.15, -0.1) is 0 Å². The fraction of sp³-hybridized carbons (Fsp3) is 1.00. The third-order valence-electron chi connectivity index (χ3n) is 0.435. The Hall–Kier alpha value is -0.410. The van der Waals surface area contributed by atoms with Crippen LogP contribution in [0.2, 0.25) is 0 Å². The molecule has 70 valence electrons. The van der Waals surface area contributed by atoms with E-state index in [9.17, 15) is 13.2 Å². The van der Waals surface area contributed by atoms with E-state index >= 15 is 0 Å². The molecule has 0 amide bonds. The summed E-state index contributed by atoms with van der Waals surface area (Å²) in [6, 6.07) is 0. The number of nitrogens with two attached hydrogens (primary N) is 3. The van der Waals surface area contributed by atoms with E-state index < -0.39 is 12.7 Å². The zero-order valence-corrected chi connectivity index (χ0v) is 6.02. The van der Waals surface area contributed by atoms with Gasteiger partial charge in [-0.25, -0.2) is 0 Å². The van der Waals surface area contributed by atoms with Crippen LogP contribution >= 0.6 is 0 Å². The zero-order valence-electron chi connectivity index (χ0n) is 6.02. The second-order valence-electron chi connectivity index (χ2n) is 1.56. The molecule has 0 saturated carbocycles. The van der Waals surface area contributed by atoms with E-state index in [1.165, 1.54) is 0 Å². The van der Waals surface area contributed by atoms with Gasteiger partial charge in [0.1, 0.15) is 0 Å². The van der Waals surface area contributed by atoms with Crippen molar-refractivity contribution >= 4 is 0 Å². The van der Waals surface area contributed by atoms with Gasteiger partial charge in [-0.2, -0.15) is 23.8 Å². The van der Waals surface area contributed by atoms with E-state index in [4.69, 9.17) is 11.7 Å². The quantitative estimate of drug-likeness (QED) is 0.293. The minimum Gasteiger partial charge on any atom is -0.323 e. The van der Waals surface area contributed by atoms with Crippen LogP contribution in [0, 0.1) is 0 Å². The molecule has 0 aliphatic heterocycles. The number of halogens is 3. The first-order chi connectivity index (χ1) is 4.83. The molecule has 0 spiro atoms. The lowest BCUT2D eigenvalue weighted by Crippen LogP contribution is -2.44. The zero-order chi connectivity index (χ0) is 9.49. The molecule has 0 atom stereocenters. The van der Waals surface area contributed by atoms with Gasteiger partial charge in [0.15, 0.2) is 0 Å². The molecule has 0 rings (SSSR count). The Morgan fingerprint density at radius 3 is 1.64 bits per heavy atom. The van der Waals surface area contributed by atoms with E-state index in [1.807, 2.05) is 0 Å². The fourth-order valence-electron chi connectivity index (χ4n) is 0. The highest BCUT2D eigenvalue weighted by Crippen LogP contribution is 2.10. The molecule has 0 unspecified atom stereocenters. The molecule has 8 heteroatoms. The standard InChI is InChI=1S/C2H4F3N.CH8N4/c3-2(4,5)1-6;1-5(3)4-2/h1,6H2;4H,2-3H2,1H3. The van der Waals surface area contributed by atoms with Crippen molar-refractivity contribution in [3.63, 3.8) is 0 Å². The van der Waals surface area contributed by atoms with Crippen LogP contribution in [0.1, 0.15) is 0 Å². The first-order valence-electron chi connectivity index (χ1n) is 2.55. The van der Waals surface area contributed by atoms with Gasteiger partial charge in [-0.1, -0.05) is 0 Å². The average Bonchev–Trinajstić information content (AvgIpc) is 1.88. The summed E-state index contributed by atoms with van der Waals surface area (Å²) in [5, 5.41) is 1.15. The monoisotopic (exact) mass is 175 g/mol. The predicted molar refractivity (Wildman–Crippen MR) is 34.4 cm³/mol. The van der Waals surface area contributed by atoms with Crippen molar-refractivity contribution in [3.8, 4) is 0 Å². The van der Waals surface area contributed by atoms with Gasteiger partial charge < -0.3 is 5.73 Å². The summed E-state index contributed by atoms with van der Waals surface area (Å²) >= 11 is 0. The van der Waals surface area contributed by atoms with Gasteiger partial charge in [0.05, 0.1) is 6.54 Å². The normalized spacial score (nSPS) is 10.9. The van der Waals surface area contributed by atoms with Crippen LogP contribution in [-0.2, 0) is 0 Å². The first kappa shape index (κ1) is 13.2. The molecule has 0 aromatic heterocycles. The van der Waals surface area contributed by atoms with Gasteiger partial charge in [-0.05, 0) is 0 Å². The van der Waals surface area contributed by atoms with Gasteiger partial charge in [0.25, 0.3) is 0 Å². The Balaban J connectivity index is 0. The van der Waals surface area contributed by atoms with Gasteiger partial charge in [0, 0.05) is 7.05 Å². The van der Waals surface area contributed by atoms with E-state index in [0.29, 0.717) is 0 Å². The summed E-state index contributed by atoms with van der Waals surface area (Å²) in [6.07, 6.45) is -4.18. The van der Waals surface area contributed by atoms with Crippen LogP contribution in [0.15, 0.2) is 0 Å². The number of rotatable bonds is 1. The van der Waals surface area contributed by atoms with Crippen molar-refractivity contribution in [2.45, 2.75) is 6.18 Å². The van der Waals surface area contributed by atoms with Crippen LogP contribution in [0.3, 0.4) is 0 Å². The molecule has 0 aliphatic carbocycles. The minimum atomic E-state index is -4.18. The molecule has 11 heavy (non-hydrogen) atoms. The molecule has 5 nitrogen and oxygen atoms in total. The summed E-state index contributed by atoms with van der Waals surface area (Å²) in [4.78, 5) is 0. The summed E-state index contributed by atoms with van der Waals surface area (Å²) in [5.41, 5.74) is 6.32. The van der Waals surface area contributed by atoms with Crippen molar-refractivity contribution in [3.05, 3.63) is 0 Å². The van der Waals surface area contributed by atoms with E-state index in [-0.39, 0.29) is 0 Å². The van der Waals surface area contributed by atoms with Crippen molar-refractivity contribution in [2.24, 2.45) is 17.4 Å². The summed E-state index contributed by atoms with van der Waals surface area (Å²) in [5.74, 6) is 9.61. The van der Waals surface area contributed by atoms with Crippen LogP contribution in [-0.4, -0.2) is 24.9 Å². The van der Waals surface area contributed by atoms with E-state index in [0.717, 1.165) is 5.12 Å². The number of hydrogen-bond acceptors (Lipinski definition) is 5. The molecule has 0 radical (unpaired) electrons. The van der Waals surface area contributed by atoms with Gasteiger partial charge in [-0.3, -0.25) is 11.7 Å². The Morgan fingerprint density at radius 1 is 1.45 bits per heavy atom. The highest BCUT2D eigenvalue weighted by atomic mass is 19.4. The summed E-state index contributed by atoms with van der Waals surface area (Å²) < 4.78 is 32.0. The number of nitrogens with zero attached hydrogens (tertiary/aromatic N) is 1. The molecule has 7 N–H and O–H groups in total. The van der Waals surface area contributed by atoms with Crippen LogP contribution in [0.25, 0.3) is 0 Å². The molecule has 0 saturated heterocycles. The van der Waals surface area contributed by atoms with Crippen molar-refractivity contribution in [2.75, 3.05) is 13.6 Å². The second kappa shape index (κ2) is 6.31. The molecule has 0 aliphatic rings. The van der Waals surface area contributed by atoms with Crippen LogP contribution in [0.4, 0.5) is 13.2 Å². The topological polar surface area (TPSA) is 93.3 Å². The predicted octanol–water partition coefficient (Wildman–Crippen LogP) is -1.32. The molecule has 0 aromatic rings. The second-order valence-corrected chi connectivity index (χ2v) is 1.56. The third kappa shape index (κ3) is 26.2. The number of hydrazine groups is 3. The molecule has 0 fully saturated rings. The Labute approximate surface area is 62.2 Å². The van der Waals surface area contributed by atoms with Gasteiger partial charge >= 0.3 is 6.18 Å². The smallest absolute Gasteiger partial charge is 0.323 e. The maximum absolute atomic E-state index is 10.7. The molecule has 0 heterocycles. The number of hydrogen-bond donors (Lipinski definition) is 4. The van der Waals surface area contributed by atoms with Crippen molar-refractivity contribution in [1.29, 1.82) is 0 Å². The van der Waals surface area contributed by atoms with Gasteiger partial charge in [0.2, 0.25) is 0 Å². The molecule has 0 bridgehead atoms. The molecular weight excluding hydrogens is 163 g/mol. The lowest BCUT2D eigenvalue weighted by atomic mass is 10.7. The lowest BCUT2D eigenvalue weighted by Gasteiger charge is -2.02.